The molecule has 0 aliphatic carbocycles. The quantitative estimate of drug-likeness (QED) is 0.620. The summed E-state index contributed by atoms with van der Waals surface area (Å²) in [6.07, 6.45) is 0.891. The van der Waals surface area contributed by atoms with Gasteiger partial charge in [-0.25, -0.2) is 5.43 Å². The van der Waals surface area contributed by atoms with Crippen molar-refractivity contribution in [3.8, 4) is 11.5 Å². The number of nitrogens with one attached hydrogen (secondary N) is 1. The van der Waals surface area contributed by atoms with Gasteiger partial charge >= 0.3 is 0 Å². The molecule has 0 spiro atoms. The van der Waals surface area contributed by atoms with Crippen LogP contribution in [0.5, 0.6) is 11.5 Å². The second kappa shape index (κ2) is 8.33. The zero-order valence-corrected chi connectivity index (χ0v) is 14.4. The molecule has 0 fully saturated rings. The molecule has 1 atom stereocenters. The van der Waals surface area contributed by atoms with Crippen molar-refractivity contribution in [3.05, 3.63) is 58.6 Å². The van der Waals surface area contributed by atoms with Crippen LogP contribution in [0, 0.1) is 0 Å². The lowest BCUT2D eigenvalue weighted by molar-refractivity contribution is -0.127. The molecular formula is C17H17BrN2O3. The molecule has 23 heavy (non-hydrogen) atoms. The van der Waals surface area contributed by atoms with Crippen LogP contribution in [-0.4, -0.2) is 25.3 Å². The van der Waals surface area contributed by atoms with Gasteiger partial charge < -0.3 is 9.47 Å². The summed E-state index contributed by atoms with van der Waals surface area (Å²) in [7, 11) is 1.58. The lowest BCUT2D eigenvalue weighted by Gasteiger charge is -2.13. The van der Waals surface area contributed by atoms with Crippen molar-refractivity contribution in [2.75, 3.05) is 7.11 Å². The summed E-state index contributed by atoms with van der Waals surface area (Å²) in [6, 6.07) is 14.7. The van der Waals surface area contributed by atoms with Crippen LogP contribution in [0.15, 0.2) is 58.1 Å². The molecule has 2 rings (SSSR count). The number of carbonyl (C=O) groups is 1. The van der Waals surface area contributed by atoms with E-state index < -0.39 is 6.10 Å². The Hall–Kier alpha value is -2.34. The van der Waals surface area contributed by atoms with E-state index in [0.29, 0.717) is 11.5 Å². The minimum Gasteiger partial charge on any atom is -0.497 e. The molecule has 1 unspecified atom stereocenters. The van der Waals surface area contributed by atoms with Crippen molar-refractivity contribution < 1.29 is 14.3 Å². The van der Waals surface area contributed by atoms with Crippen LogP contribution >= 0.6 is 15.9 Å². The van der Waals surface area contributed by atoms with Gasteiger partial charge in [0.1, 0.15) is 11.5 Å². The van der Waals surface area contributed by atoms with E-state index in [2.05, 4.69) is 26.5 Å². The van der Waals surface area contributed by atoms with Gasteiger partial charge in [0, 0.05) is 10.5 Å². The molecule has 5 nitrogen and oxygen atoms in total. The summed E-state index contributed by atoms with van der Waals surface area (Å²) >= 11 is 3.38. The molecule has 0 radical (unpaired) electrons. The highest BCUT2D eigenvalue weighted by atomic mass is 79.9. The first-order chi connectivity index (χ1) is 11.1. The predicted molar refractivity (Wildman–Crippen MR) is 93.0 cm³/mol. The number of methoxy groups -OCH3 is 1. The van der Waals surface area contributed by atoms with Crippen LogP contribution in [0.1, 0.15) is 12.5 Å². The monoisotopic (exact) mass is 376 g/mol. The molecule has 0 aliphatic heterocycles. The van der Waals surface area contributed by atoms with Gasteiger partial charge in [-0.05, 0) is 36.8 Å². The normalized spacial score (nSPS) is 12.0. The van der Waals surface area contributed by atoms with Crippen molar-refractivity contribution in [3.63, 3.8) is 0 Å². The molecule has 0 heterocycles. The van der Waals surface area contributed by atoms with Gasteiger partial charge in [0.25, 0.3) is 5.91 Å². The van der Waals surface area contributed by atoms with Gasteiger partial charge in [0.05, 0.1) is 13.3 Å². The number of rotatable bonds is 6. The fourth-order valence-corrected chi connectivity index (χ4v) is 2.20. The van der Waals surface area contributed by atoms with Crippen LogP contribution in [0.25, 0.3) is 0 Å². The first-order valence-corrected chi connectivity index (χ1v) is 7.77. The minimum atomic E-state index is -0.679. The number of carbonyl (C=O) groups excluding carboxylic acids is 1. The van der Waals surface area contributed by atoms with E-state index >= 15 is 0 Å². The van der Waals surface area contributed by atoms with E-state index in [1.807, 2.05) is 24.3 Å². The second-order valence-electron chi connectivity index (χ2n) is 4.73. The number of hydrazone groups is 1. The molecule has 1 amide bonds. The maximum absolute atomic E-state index is 12.0. The van der Waals surface area contributed by atoms with E-state index in [1.54, 1.807) is 44.5 Å². The van der Waals surface area contributed by atoms with Crippen LogP contribution in [0.2, 0.25) is 0 Å². The number of benzene rings is 2. The topological polar surface area (TPSA) is 59.9 Å². The Morgan fingerprint density at radius 3 is 2.70 bits per heavy atom. The van der Waals surface area contributed by atoms with Crippen LogP contribution in [-0.2, 0) is 4.79 Å². The number of halogens is 1. The van der Waals surface area contributed by atoms with Crippen molar-refractivity contribution in [2.45, 2.75) is 13.0 Å². The highest BCUT2D eigenvalue weighted by molar-refractivity contribution is 9.10. The summed E-state index contributed by atoms with van der Waals surface area (Å²) in [5, 5.41) is 3.93. The van der Waals surface area contributed by atoms with Gasteiger partial charge in [0.15, 0.2) is 6.10 Å². The summed E-state index contributed by atoms with van der Waals surface area (Å²) in [5.74, 6) is 0.893. The van der Waals surface area contributed by atoms with Crippen LogP contribution in [0.3, 0.4) is 0 Å². The second-order valence-corrected chi connectivity index (χ2v) is 5.64. The molecule has 1 N–H and O–H groups in total. The Balaban J connectivity index is 1.89. The Labute approximate surface area is 143 Å². The van der Waals surface area contributed by atoms with Gasteiger partial charge in [-0.1, -0.05) is 34.1 Å². The number of ether oxygens (including phenoxy) is 2. The standard InChI is InChI=1S/C17H17BrN2O3/c1-12(23-16-8-4-7-15(10-16)22-2)17(21)20-19-11-13-5-3-6-14(18)9-13/h3-12H,1-2H3,(H,20,21)/b19-11+. The third-order valence-electron chi connectivity index (χ3n) is 2.96. The lowest BCUT2D eigenvalue weighted by atomic mass is 10.2. The molecule has 2 aromatic rings. The lowest BCUT2D eigenvalue weighted by Crippen LogP contribution is -2.33. The largest absolute Gasteiger partial charge is 0.497 e. The summed E-state index contributed by atoms with van der Waals surface area (Å²) in [6.45, 7) is 1.66. The van der Waals surface area contributed by atoms with Crippen molar-refractivity contribution in [1.82, 2.24) is 5.43 Å². The number of nitrogens with zero attached hydrogens (tertiary/aromatic N) is 1. The molecule has 120 valence electrons. The molecule has 0 saturated carbocycles. The molecule has 0 aromatic heterocycles. The summed E-state index contributed by atoms with van der Waals surface area (Å²) < 4.78 is 11.6. The Bertz CT molecular complexity index is 704. The fourth-order valence-electron chi connectivity index (χ4n) is 1.78. The number of hydrogen-bond acceptors (Lipinski definition) is 4. The SMILES string of the molecule is COc1cccc(OC(C)C(=O)N/N=C/c2cccc(Br)c2)c1. The average molecular weight is 377 g/mol. The van der Waals surface area contributed by atoms with Gasteiger partial charge in [-0.2, -0.15) is 5.10 Å². The zero-order valence-electron chi connectivity index (χ0n) is 12.8. The maximum atomic E-state index is 12.0. The van der Waals surface area contributed by atoms with Crippen molar-refractivity contribution in [1.29, 1.82) is 0 Å². The molecule has 0 bridgehead atoms. The molecular weight excluding hydrogens is 360 g/mol. The Kier molecular flexibility index (Phi) is 6.17. The molecule has 6 heteroatoms. The number of amides is 1. The third-order valence-corrected chi connectivity index (χ3v) is 3.45. The Morgan fingerprint density at radius 2 is 1.96 bits per heavy atom. The maximum Gasteiger partial charge on any atom is 0.280 e. The first kappa shape index (κ1) is 17.0. The van der Waals surface area contributed by atoms with E-state index in [4.69, 9.17) is 9.47 Å². The predicted octanol–water partition coefficient (Wildman–Crippen LogP) is 3.38. The van der Waals surface area contributed by atoms with Crippen molar-refractivity contribution >= 4 is 28.1 Å². The summed E-state index contributed by atoms with van der Waals surface area (Å²) in [5.41, 5.74) is 3.33. The fraction of sp³-hybridized carbons (Fsp3) is 0.176. The van der Waals surface area contributed by atoms with Gasteiger partial charge in [-0.3, -0.25) is 4.79 Å². The number of hydrogen-bond donors (Lipinski definition) is 1. The minimum absolute atomic E-state index is 0.334. The summed E-state index contributed by atoms with van der Waals surface area (Å²) in [4.78, 5) is 12.0. The molecule has 0 aliphatic rings. The first-order valence-electron chi connectivity index (χ1n) is 6.97. The van der Waals surface area contributed by atoms with E-state index in [1.165, 1.54) is 0 Å². The molecule has 2 aromatic carbocycles. The molecule has 0 saturated heterocycles. The van der Waals surface area contributed by atoms with E-state index in [9.17, 15) is 4.79 Å². The van der Waals surface area contributed by atoms with Crippen LogP contribution in [0.4, 0.5) is 0 Å². The Morgan fingerprint density at radius 1 is 1.22 bits per heavy atom. The van der Waals surface area contributed by atoms with Crippen molar-refractivity contribution in [2.24, 2.45) is 5.10 Å². The highest BCUT2D eigenvalue weighted by Gasteiger charge is 2.14. The highest BCUT2D eigenvalue weighted by Crippen LogP contribution is 2.19. The third kappa shape index (κ3) is 5.41. The van der Waals surface area contributed by atoms with E-state index in [0.717, 1.165) is 10.0 Å². The van der Waals surface area contributed by atoms with Gasteiger partial charge in [0.2, 0.25) is 0 Å². The van der Waals surface area contributed by atoms with Crippen LogP contribution < -0.4 is 14.9 Å². The average Bonchev–Trinajstić information content (AvgIpc) is 2.55. The van der Waals surface area contributed by atoms with Gasteiger partial charge in [-0.15, -0.1) is 0 Å². The smallest absolute Gasteiger partial charge is 0.280 e. The van der Waals surface area contributed by atoms with E-state index in [-0.39, 0.29) is 5.91 Å². The zero-order chi connectivity index (χ0) is 16.7.